The zero-order valence-corrected chi connectivity index (χ0v) is 12.9. The number of rotatable bonds is 4. The van der Waals surface area contributed by atoms with E-state index in [1.54, 1.807) is 0 Å². The van der Waals surface area contributed by atoms with Crippen LogP contribution in [0.3, 0.4) is 0 Å². The van der Waals surface area contributed by atoms with Crippen molar-refractivity contribution in [2.24, 2.45) is 4.99 Å². The van der Waals surface area contributed by atoms with E-state index in [-0.39, 0.29) is 6.04 Å². The van der Waals surface area contributed by atoms with E-state index in [9.17, 15) is 0 Å². The molecular formula is C17H19N3S. The van der Waals surface area contributed by atoms with E-state index in [4.69, 9.17) is 4.99 Å². The number of nitrogens with one attached hydrogen (secondary N) is 1. The van der Waals surface area contributed by atoms with Gasteiger partial charge in [-0.25, -0.2) is 0 Å². The Morgan fingerprint density at radius 2 is 1.95 bits per heavy atom. The molecule has 0 fully saturated rings. The number of nitrogens with zero attached hydrogens (tertiary/aromatic N) is 2. The van der Waals surface area contributed by atoms with Crippen molar-refractivity contribution in [3.05, 3.63) is 66.0 Å². The van der Waals surface area contributed by atoms with Crippen molar-refractivity contribution in [3.63, 3.8) is 0 Å². The lowest BCUT2D eigenvalue weighted by molar-refractivity contribution is 0.708. The normalized spacial score (nSPS) is 19.1. The smallest absolute Gasteiger partial charge is 0.157 e. The molecule has 2 heterocycles. The van der Waals surface area contributed by atoms with Crippen LogP contribution in [0.2, 0.25) is 0 Å². The fraction of sp³-hybridized carbons (Fsp3) is 0.294. The molecule has 0 radical (unpaired) electrons. The molecule has 1 aliphatic rings. The van der Waals surface area contributed by atoms with Crippen LogP contribution in [0.15, 0.2) is 59.9 Å². The standard InChI is InChI=1S/C17H19N3S/c1-13(15-7-9-18-10-8-15)19-17-20-16(12-21-17)11-14-5-3-2-4-6-14/h2-10,13,16H,11-12H2,1H3,(H,19,20). The van der Waals surface area contributed by atoms with Gasteiger partial charge in [-0.2, -0.15) is 0 Å². The minimum Gasteiger partial charge on any atom is -0.358 e. The first kappa shape index (κ1) is 14.1. The Balaban J connectivity index is 1.59. The number of hydrogen-bond donors (Lipinski definition) is 1. The van der Waals surface area contributed by atoms with E-state index in [0.717, 1.165) is 17.3 Å². The average Bonchev–Trinajstić information content (AvgIpc) is 2.96. The summed E-state index contributed by atoms with van der Waals surface area (Å²) in [4.78, 5) is 8.86. The molecule has 1 aromatic carbocycles. The lowest BCUT2D eigenvalue weighted by Crippen LogP contribution is -2.23. The largest absolute Gasteiger partial charge is 0.358 e. The Morgan fingerprint density at radius 1 is 1.19 bits per heavy atom. The topological polar surface area (TPSA) is 37.3 Å². The summed E-state index contributed by atoms with van der Waals surface area (Å²) in [6.07, 6.45) is 4.67. The van der Waals surface area contributed by atoms with Crippen molar-refractivity contribution in [3.8, 4) is 0 Å². The molecule has 0 spiro atoms. The van der Waals surface area contributed by atoms with Crippen molar-refractivity contribution < 1.29 is 0 Å². The lowest BCUT2D eigenvalue weighted by Gasteiger charge is -2.14. The molecule has 0 saturated heterocycles. The summed E-state index contributed by atoms with van der Waals surface area (Å²) in [6.45, 7) is 2.16. The quantitative estimate of drug-likeness (QED) is 0.939. The third kappa shape index (κ3) is 3.85. The van der Waals surface area contributed by atoms with Gasteiger partial charge in [-0.15, -0.1) is 0 Å². The number of pyridine rings is 1. The highest BCUT2D eigenvalue weighted by molar-refractivity contribution is 8.14. The number of hydrogen-bond acceptors (Lipinski definition) is 4. The molecule has 0 saturated carbocycles. The number of aliphatic imine (C=N–C) groups is 1. The third-order valence-electron chi connectivity index (χ3n) is 3.57. The van der Waals surface area contributed by atoms with Gasteiger partial charge in [0.15, 0.2) is 5.17 Å². The molecule has 3 nitrogen and oxygen atoms in total. The van der Waals surface area contributed by atoms with Crippen LogP contribution in [0.1, 0.15) is 24.1 Å². The van der Waals surface area contributed by atoms with E-state index in [1.165, 1.54) is 11.1 Å². The van der Waals surface area contributed by atoms with Crippen molar-refractivity contribution >= 4 is 16.9 Å². The maximum atomic E-state index is 4.80. The maximum Gasteiger partial charge on any atom is 0.157 e. The van der Waals surface area contributed by atoms with Gasteiger partial charge >= 0.3 is 0 Å². The van der Waals surface area contributed by atoms with Gasteiger partial charge in [-0.05, 0) is 36.6 Å². The van der Waals surface area contributed by atoms with Crippen molar-refractivity contribution in [2.45, 2.75) is 25.4 Å². The summed E-state index contributed by atoms with van der Waals surface area (Å²) in [5, 5.41) is 4.55. The molecule has 2 atom stereocenters. The van der Waals surface area contributed by atoms with E-state index in [2.05, 4.69) is 47.6 Å². The molecular weight excluding hydrogens is 278 g/mol. The van der Waals surface area contributed by atoms with E-state index in [0.29, 0.717) is 6.04 Å². The van der Waals surface area contributed by atoms with E-state index < -0.39 is 0 Å². The summed E-state index contributed by atoms with van der Waals surface area (Å²) in [7, 11) is 0. The zero-order valence-electron chi connectivity index (χ0n) is 12.1. The third-order valence-corrected chi connectivity index (χ3v) is 4.62. The summed E-state index contributed by atoms with van der Waals surface area (Å²) in [5.41, 5.74) is 2.59. The molecule has 108 valence electrons. The first-order valence-corrected chi connectivity index (χ1v) is 8.21. The molecule has 1 aromatic heterocycles. The molecule has 2 unspecified atom stereocenters. The van der Waals surface area contributed by atoms with Gasteiger partial charge in [0.25, 0.3) is 0 Å². The van der Waals surface area contributed by atoms with Crippen molar-refractivity contribution in [1.29, 1.82) is 0 Å². The Kier molecular flexibility index (Phi) is 4.55. The number of aromatic nitrogens is 1. The SMILES string of the molecule is CC(NC1=NC(Cc2ccccc2)CS1)c1ccncc1. The number of benzene rings is 1. The molecule has 3 rings (SSSR count). The van der Waals surface area contributed by atoms with Gasteiger partial charge in [0.1, 0.15) is 0 Å². The van der Waals surface area contributed by atoms with Gasteiger partial charge < -0.3 is 5.32 Å². The molecule has 0 aliphatic carbocycles. The predicted octanol–water partition coefficient (Wildman–Crippen LogP) is 3.45. The second-order valence-electron chi connectivity index (χ2n) is 5.24. The fourth-order valence-corrected chi connectivity index (χ4v) is 3.43. The van der Waals surface area contributed by atoms with Gasteiger partial charge in [0, 0.05) is 18.1 Å². The van der Waals surface area contributed by atoms with Crippen LogP contribution in [0, 0.1) is 0 Å². The highest BCUT2D eigenvalue weighted by Crippen LogP contribution is 2.22. The summed E-state index contributed by atoms with van der Waals surface area (Å²) in [5.74, 6) is 1.06. The van der Waals surface area contributed by atoms with Crippen LogP contribution < -0.4 is 5.32 Å². The van der Waals surface area contributed by atoms with Crippen LogP contribution in [-0.4, -0.2) is 21.9 Å². The highest BCUT2D eigenvalue weighted by Gasteiger charge is 2.20. The second kappa shape index (κ2) is 6.76. The van der Waals surface area contributed by atoms with Gasteiger partial charge in [0.05, 0.1) is 12.1 Å². The molecule has 0 bridgehead atoms. The Hall–Kier alpha value is -1.81. The molecule has 1 N–H and O–H groups in total. The summed E-state index contributed by atoms with van der Waals surface area (Å²) in [6, 6.07) is 15.3. The minimum atomic E-state index is 0.259. The van der Waals surface area contributed by atoms with Crippen LogP contribution >= 0.6 is 11.8 Å². The molecule has 1 aliphatic heterocycles. The Morgan fingerprint density at radius 3 is 2.71 bits per heavy atom. The molecule has 0 amide bonds. The van der Waals surface area contributed by atoms with Gasteiger partial charge in [0.2, 0.25) is 0 Å². The molecule has 21 heavy (non-hydrogen) atoms. The van der Waals surface area contributed by atoms with E-state index in [1.807, 2.05) is 36.3 Å². The number of amidine groups is 1. The average molecular weight is 297 g/mol. The fourth-order valence-electron chi connectivity index (χ4n) is 2.41. The first-order chi connectivity index (χ1) is 10.3. The summed E-state index contributed by atoms with van der Waals surface area (Å²) >= 11 is 1.82. The highest BCUT2D eigenvalue weighted by atomic mass is 32.2. The summed E-state index contributed by atoms with van der Waals surface area (Å²) < 4.78 is 0. The van der Waals surface area contributed by atoms with Crippen molar-refractivity contribution in [1.82, 2.24) is 10.3 Å². The maximum absolute atomic E-state index is 4.80. The molecule has 2 aromatic rings. The van der Waals surface area contributed by atoms with Crippen molar-refractivity contribution in [2.75, 3.05) is 5.75 Å². The van der Waals surface area contributed by atoms with E-state index >= 15 is 0 Å². The minimum absolute atomic E-state index is 0.259. The monoisotopic (exact) mass is 297 g/mol. The Labute approximate surface area is 129 Å². The molecule has 4 heteroatoms. The first-order valence-electron chi connectivity index (χ1n) is 7.22. The Bertz CT molecular complexity index is 598. The van der Waals surface area contributed by atoms with Crippen LogP contribution in [0.4, 0.5) is 0 Å². The second-order valence-corrected chi connectivity index (χ2v) is 6.24. The predicted molar refractivity (Wildman–Crippen MR) is 89.6 cm³/mol. The van der Waals surface area contributed by atoms with Crippen LogP contribution in [-0.2, 0) is 6.42 Å². The zero-order chi connectivity index (χ0) is 14.5. The lowest BCUT2D eigenvalue weighted by atomic mass is 10.1. The van der Waals surface area contributed by atoms with Gasteiger partial charge in [-0.1, -0.05) is 42.1 Å². The number of thioether (sulfide) groups is 1. The van der Waals surface area contributed by atoms with Crippen LogP contribution in [0.5, 0.6) is 0 Å². The van der Waals surface area contributed by atoms with Crippen LogP contribution in [0.25, 0.3) is 0 Å². The van der Waals surface area contributed by atoms with Gasteiger partial charge in [-0.3, -0.25) is 9.98 Å².